The van der Waals surface area contributed by atoms with Crippen molar-refractivity contribution in [3.8, 4) is 0 Å². The van der Waals surface area contributed by atoms with Crippen molar-refractivity contribution in [3.63, 3.8) is 0 Å². The maximum absolute atomic E-state index is 11.0. The van der Waals surface area contributed by atoms with Crippen LogP contribution in [0.5, 0.6) is 0 Å². The van der Waals surface area contributed by atoms with E-state index in [-0.39, 0.29) is 5.78 Å². The number of aldehydes is 1. The topological polar surface area (TPSA) is 37.4 Å². The minimum atomic E-state index is -0.435. The van der Waals surface area contributed by atoms with Crippen molar-refractivity contribution in [2.24, 2.45) is 5.92 Å². The van der Waals surface area contributed by atoms with Crippen molar-refractivity contribution < 1.29 is 9.59 Å². The third-order valence-corrected chi connectivity index (χ3v) is 1.49. The predicted octanol–water partition coefficient (Wildman–Crippen LogP) is 0.342. The Balaban J connectivity index is 3.95. The van der Waals surface area contributed by atoms with Gasteiger partial charge in [-0.05, 0) is 14.1 Å². The van der Waals surface area contributed by atoms with E-state index in [0.717, 1.165) is 6.29 Å². The summed E-state index contributed by atoms with van der Waals surface area (Å²) < 4.78 is 0. The van der Waals surface area contributed by atoms with E-state index in [4.69, 9.17) is 0 Å². The Bertz CT molecular complexity index is 143. The van der Waals surface area contributed by atoms with Crippen LogP contribution in [0.3, 0.4) is 0 Å². The molecule has 0 amide bonds. The molecule has 0 bridgehead atoms. The SMILES string of the molecule is CCC(=O)C(C=O)CN(C)C. The molecule has 0 aromatic rings. The molecule has 1 atom stereocenters. The van der Waals surface area contributed by atoms with E-state index in [2.05, 4.69) is 0 Å². The van der Waals surface area contributed by atoms with E-state index in [1.54, 1.807) is 6.92 Å². The van der Waals surface area contributed by atoms with Crippen molar-refractivity contribution in [2.75, 3.05) is 20.6 Å². The van der Waals surface area contributed by atoms with Gasteiger partial charge in [-0.2, -0.15) is 0 Å². The summed E-state index contributed by atoms with van der Waals surface area (Å²) in [7, 11) is 3.69. The van der Waals surface area contributed by atoms with E-state index >= 15 is 0 Å². The third-order valence-electron chi connectivity index (χ3n) is 1.49. The normalized spacial score (nSPS) is 13.1. The van der Waals surface area contributed by atoms with Crippen LogP contribution >= 0.6 is 0 Å². The lowest BCUT2D eigenvalue weighted by Crippen LogP contribution is -2.28. The summed E-state index contributed by atoms with van der Waals surface area (Å²) in [6.07, 6.45) is 1.17. The molecule has 0 aromatic carbocycles. The van der Waals surface area contributed by atoms with Crippen LogP contribution in [0.1, 0.15) is 13.3 Å². The lowest BCUT2D eigenvalue weighted by Gasteiger charge is -2.13. The third kappa shape index (κ3) is 3.88. The van der Waals surface area contributed by atoms with Crippen LogP contribution in [-0.4, -0.2) is 37.6 Å². The largest absolute Gasteiger partial charge is 0.308 e. The number of carbonyl (C=O) groups excluding carboxylic acids is 2. The van der Waals surface area contributed by atoms with Crippen molar-refractivity contribution >= 4 is 12.1 Å². The summed E-state index contributed by atoms with van der Waals surface area (Å²) >= 11 is 0. The van der Waals surface area contributed by atoms with Gasteiger partial charge in [-0.15, -0.1) is 0 Å². The van der Waals surface area contributed by atoms with Gasteiger partial charge in [-0.3, -0.25) is 4.79 Å². The molecular weight excluding hydrogens is 142 g/mol. The van der Waals surface area contributed by atoms with E-state index in [9.17, 15) is 9.59 Å². The maximum Gasteiger partial charge on any atom is 0.144 e. The molecule has 0 aliphatic heterocycles. The average Bonchev–Trinajstić information content (AvgIpc) is 1.98. The molecule has 0 aliphatic carbocycles. The minimum absolute atomic E-state index is 0.0219. The Hall–Kier alpha value is -0.700. The van der Waals surface area contributed by atoms with Gasteiger partial charge in [0.1, 0.15) is 12.1 Å². The summed E-state index contributed by atoms with van der Waals surface area (Å²) in [5.41, 5.74) is 0. The van der Waals surface area contributed by atoms with Crippen LogP contribution in [0.2, 0.25) is 0 Å². The fraction of sp³-hybridized carbons (Fsp3) is 0.750. The van der Waals surface area contributed by atoms with E-state index in [0.29, 0.717) is 13.0 Å². The Kier molecular flexibility index (Phi) is 4.70. The zero-order valence-corrected chi connectivity index (χ0v) is 7.33. The summed E-state index contributed by atoms with van der Waals surface area (Å²) in [5.74, 6) is -0.413. The number of rotatable bonds is 5. The highest BCUT2D eigenvalue weighted by molar-refractivity contribution is 5.93. The molecule has 0 spiro atoms. The molecule has 64 valence electrons. The zero-order valence-electron chi connectivity index (χ0n) is 7.33. The second kappa shape index (κ2) is 5.02. The number of hydrogen-bond donors (Lipinski definition) is 0. The molecule has 0 saturated heterocycles. The highest BCUT2D eigenvalue weighted by atomic mass is 16.1. The molecule has 1 unspecified atom stereocenters. The molecule has 3 heteroatoms. The Morgan fingerprint density at radius 2 is 2.09 bits per heavy atom. The summed E-state index contributed by atoms with van der Waals surface area (Å²) in [4.78, 5) is 23.3. The standard InChI is InChI=1S/C8H15NO2/c1-4-8(11)7(6-10)5-9(2)3/h6-7H,4-5H2,1-3H3. The molecule has 0 heterocycles. The van der Waals surface area contributed by atoms with Crippen LogP contribution in [-0.2, 0) is 9.59 Å². The van der Waals surface area contributed by atoms with Gasteiger partial charge < -0.3 is 9.69 Å². The minimum Gasteiger partial charge on any atom is -0.308 e. The van der Waals surface area contributed by atoms with Gasteiger partial charge in [-0.25, -0.2) is 0 Å². The second-order valence-electron chi connectivity index (χ2n) is 2.82. The van der Waals surface area contributed by atoms with Gasteiger partial charge in [0.25, 0.3) is 0 Å². The fourth-order valence-corrected chi connectivity index (χ4v) is 0.876. The van der Waals surface area contributed by atoms with Gasteiger partial charge in [0.2, 0.25) is 0 Å². The van der Waals surface area contributed by atoms with Gasteiger partial charge in [0, 0.05) is 13.0 Å². The average molecular weight is 157 g/mol. The monoisotopic (exact) mass is 157 g/mol. The molecular formula is C8H15NO2. The molecule has 0 saturated carbocycles. The summed E-state index contributed by atoms with van der Waals surface area (Å²) in [5, 5.41) is 0. The van der Waals surface area contributed by atoms with Crippen molar-refractivity contribution in [1.29, 1.82) is 0 Å². The van der Waals surface area contributed by atoms with Crippen LogP contribution in [0.25, 0.3) is 0 Å². The summed E-state index contributed by atoms with van der Waals surface area (Å²) in [6, 6.07) is 0. The molecule has 11 heavy (non-hydrogen) atoms. The van der Waals surface area contributed by atoms with Crippen molar-refractivity contribution in [1.82, 2.24) is 4.90 Å². The number of carbonyl (C=O) groups is 2. The highest BCUT2D eigenvalue weighted by Crippen LogP contribution is 1.99. The molecule has 0 rings (SSSR count). The smallest absolute Gasteiger partial charge is 0.144 e. The predicted molar refractivity (Wildman–Crippen MR) is 43.4 cm³/mol. The van der Waals surface area contributed by atoms with Gasteiger partial charge in [0.05, 0.1) is 5.92 Å². The number of Topliss-reactive ketones (excluding diaryl/α,β-unsaturated/α-hetero) is 1. The van der Waals surface area contributed by atoms with Gasteiger partial charge in [0.15, 0.2) is 0 Å². The van der Waals surface area contributed by atoms with E-state index in [1.807, 2.05) is 19.0 Å². The highest BCUT2D eigenvalue weighted by Gasteiger charge is 2.15. The Morgan fingerprint density at radius 3 is 2.36 bits per heavy atom. The zero-order chi connectivity index (χ0) is 8.85. The van der Waals surface area contributed by atoms with Gasteiger partial charge in [-0.1, -0.05) is 6.92 Å². The summed E-state index contributed by atoms with van der Waals surface area (Å²) in [6.45, 7) is 2.30. The van der Waals surface area contributed by atoms with Crippen molar-refractivity contribution in [3.05, 3.63) is 0 Å². The first-order valence-corrected chi connectivity index (χ1v) is 3.74. The molecule has 0 fully saturated rings. The quantitative estimate of drug-likeness (QED) is 0.426. The van der Waals surface area contributed by atoms with Crippen LogP contribution in [0.4, 0.5) is 0 Å². The fourth-order valence-electron chi connectivity index (χ4n) is 0.876. The van der Waals surface area contributed by atoms with E-state index in [1.165, 1.54) is 0 Å². The molecule has 0 aromatic heterocycles. The van der Waals surface area contributed by atoms with E-state index < -0.39 is 5.92 Å². The van der Waals surface area contributed by atoms with Gasteiger partial charge >= 0.3 is 0 Å². The van der Waals surface area contributed by atoms with Crippen molar-refractivity contribution in [2.45, 2.75) is 13.3 Å². The lowest BCUT2D eigenvalue weighted by molar-refractivity contribution is -0.127. The van der Waals surface area contributed by atoms with Crippen LogP contribution in [0.15, 0.2) is 0 Å². The molecule has 0 aliphatic rings. The number of hydrogen-bond acceptors (Lipinski definition) is 3. The Morgan fingerprint density at radius 1 is 1.55 bits per heavy atom. The number of ketones is 1. The molecule has 3 nitrogen and oxygen atoms in total. The number of nitrogens with zero attached hydrogens (tertiary/aromatic N) is 1. The van der Waals surface area contributed by atoms with Crippen LogP contribution in [0, 0.1) is 5.92 Å². The first-order chi connectivity index (χ1) is 5.11. The lowest BCUT2D eigenvalue weighted by atomic mass is 10.0. The first kappa shape index (κ1) is 10.3. The molecule has 0 radical (unpaired) electrons. The first-order valence-electron chi connectivity index (χ1n) is 3.74. The molecule has 0 N–H and O–H groups in total. The van der Waals surface area contributed by atoms with Crippen LogP contribution < -0.4 is 0 Å². The maximum atomic E-state index is 11.0. The second-order valence-corrected chi connectivity index (χ2v) is 2.82. The Labute approximate surface area is 67.4 Å².